The van der Waals surface area contributed by atoms with E-state index in [1.165, 1.54) is 38.8 Å². The van der Waals surface area contributed by atoms with Gasteiger partial charge in [-0.15, -0.1) is 0 Å². The van der Waals surface area contributed by atoms with E-state index in [0.29, 0.717) is 24.4 Å². The average molecular weight is 705 g/mol. The molecule has 278 valence electrons. The highest BCUT2D eigenvalue weighted by Crippen LogP contribution is 2.21. The van der Waals surface area contributed by atoms with E-state index in [1.54, 1.807) is 0 Å². The topological polar surface area (TPSA) is 206 Å². The average Bonchev–Trinajstić information content (AvgIpc) is 3.83. The molecule has 50 heavy (non-hydrogen) atoms. The Balaban J connectivity index is 0.000000426. The van der Waals surface area contributed by atoms with Crippen molar-refractivity contribution in [1.29, 1.82) is 0 Å². The monoisotopic (exact) mass is 704 g/mol. The fourth-order valence-corrected chi connectivity index (χ4v) is 3.60. The van der Waals surface area contributed by atoms with Gasteiger partial charge in [0.15, 0.2) is 0 Å². The second-order valence-electron chi connectivity index (χ2n) is 12.4. The fraction of sp³-hybridized carbons (Fsp3) is 0.500. The first-order valence-corrected chi connectivity index (χ1v) is 15.9. The zero-order chi connectivity index (χ0) is 38.0. The van der Waals surface area contributed by atoms with Crippen molar-refractivity contribution in [2.75, 3.05) is 52.6 Å². The predicted molar refractivity (Wildman–Crippen MR) is 186 cm³/mol. The van der Waals surface area contributed by atoms with E-state index in [1.807, 2.05) is 0 Å². The number of carbonyl (C=O) groups is 4. The summed E-state index contributed by atoms with van der Waals surface area (Å²) in [6.07, 6.45) is 1.68. The first-order chi connectivity index (χ1) is 23.4. The summed E-state index contributed by atoms with van der Waals surface area (Å²) in [6, 6.07) is 9.00. The van der Waals surface area contributed by atoms with Crippen LogP contribution in [0.2, 0.25) is 0 Å². The van der Waals surface area contributed by atoms with Gasteiger partial charge in [-0.1, -0.05) is 50.6 Å². The Bertz CT molecular complexity index is 1120. The smallest absolute Gasteiger partial charge is 0.330 e. The predicted octanol–water partition coefficient (Wildman–Crippen LogP) is 3.47. The molecule has 0 aliphatic carbocycles. The summed E-state index contributed by atoms with van der Waals surface area (Å²) in [7, 11) is 0. The van der Waals surface area contributed by atoms with Crippen molar-refractivity contribution < 1.29 is 58.6 Å². The number of rotatable bonds is 16. The van der Waals surface area contributed by atoms with Gasteiger partial charge in [-0.3, -0.25) is 9.80 Å². The van der Waals surface area contributed by atoms with Crippen LogP contribution in [0.15, 0.2) is 72.9 Å². The van der Waals surface area contributed by atoms with E-state index in [4.69, 9.17) is 39.4 Å². The molecule has 14 heteroatoms. The molecule has 4 unspecified atom stereocenters. The third kappa shape index (κ3) is 24.0. The Kier molecular flexibility index (Phi) is 19.7. The van der Waals surface area contributed by atoms with E-state index in [0.717, 1.165) is 65.7 Å². The maximum Gasteiger partial charge on any atom is 0.330 e. The number of aliphatic carboxylic acids is 4. The molecule has 4 atom stereocenters. The van der Waals surface area contributed by atoms with Crippen LogP contribution >= 0.6 is 0 Å². The van der Waals surface area contributed by atoms with Crippen LogP contribution in [0, 0.1) is 0 Å². The van der Waals surface area contributed by atoms with E-state index in [9.17, 15) is 19.2 Å². The lowest BCUT2D eigenvalue weighted by atomic mass is 10.1. The summed E-state index contributed by atoms with van der Waals surface area (Å²) in [6.45, 7) is 28.0. The molecule has 0 aromatic heterocycles. The molecule has 0 radical (unpaired) electrons. The summed E-state index contributed by atoms with van der Waals surface area (Å²) < 4.78 is 21.7. The van der Waals surface area contributed by atoms with Crippen molar-refractivity contribution in [2.24, 2.45) is 0 Å². The van der Waals surface area contributed by atoms with Crippen molar-refractivity contribution in [2.45, 2.75) is 65.2 Å². The lowest BCUT2D eigenvalue weighted by molar-refractivity contribution is -0.133. The molecule has 4 saturated heterocycles. The maximum atomic E-state index is 9.60. The zero-order valence-corrected chi connectivity index (χ0v) is 29.5. The Hall–Kier alpha value is -4.18. The molecule has 4 fully saturated rings. The molecular formula is C36H52N2O12. The third-order valence-corrected chi connectivity index (χ3v) is 6.72. The van der Waals surface area contributed by atoms with Crippen LogP contribution in [0.1, 0.15) is 38.8 Å². The number of ether oxygens (including phenoxy) is 4. The van der Waals surface area contributed by atoms with Gasteiger partial charge in [0.2, 0.25) is 0 Å². The van der Waals surface area contributed by atoms with Gasteiger partial charge in [-0.2, -0.15) is 0 Å². The Morgan fingerprint density at radius 3 is 0.920 bits per heavy atom. The van der Waals surface area contributed by atoms with Crippen LogP contribution in [-0.2, 0) is 51.2 Å². The van der Waals surface area contributed by atoms with Gasteiger partial charge >= 0.3 is 23.9 Å². The molecule has 14 nitrogen and oxygen atoms in total. The summed E-state index contributed by atoms with van der Waals surface area (Å²) in [5, 5.41) is 31.6. The number of epoxide rings is 4. The van der Waals surface area contributed by atoms with E-state index in [-0.39, 0.29) is 22.3 Å². The van der Waals surface area contributed by atoms with Crippen LogP contribution in [-0.4, -0.2) is 131 Å². The minimum Gasteiger partial charge on any atom is -0.478 e. The maximum absolute atomic E-state index is 9.60. The lowest BCUT2D eigenvalue weighted by Gasteiger charge is -2.23. The molecule has 4 heterocycles. The molecule has 0 amide bonds. The van der Waals surface area contributed by atoms with Gasteiger partial charge in [-0.05, 0) is 38.8 Å². The van der Waals surface area contributed by atoms with Crippen LogP contribution in [0.5, 0.6) is 0 Å². The van der Waals surface area contributed by atoms with Crippen LogP contribution in [0.25, 0.3) is 0 Å². The van der Waals surface area contributed by atoms with Crippen molar-refractivity contribution in [3.8, 4) is 0 Å². The number of carboxylic acid groups (broad SMARTS) is 4. The Morgan fingerprint density at radius 1 is 0.560 bits per heavy atom. The van der Waals surface area contributed by atoms with Gasteiger partial charge in [-0.25, -0.2) is 19.2 Å². The van der Waals surface area contributed by atoms with E-state index < -0.39 is 23.9 Å². The first-order valence-electron chi connectivity index (χ1n) is 15.9. The molecule has 4 aliphatic heterocycles. The molecule has 1 aromatic rings. The number of nitrogens with zero attached hydrogens (tertiary/aromatic N) is 2. The molecule has 0 bridgehead atoms. The molecule has 0 spiro atoms. The first kappa shape index (κ1) is 43.8. The Morgan fingerprint density at radius 2 is 0.760 bits per heavy atom. The highest BCUT2D eigenvalue weighted by Gasteiger charge is 2.32. The number of hydrogen-bond acceptors (Lipinski definition) is 10. The quantitative estimate of drug-likeness (QED) is 0.144. The highest BCUT2D eigenvalue weighted by molar-refractivity contribution is 5.85. The Labute approximate surface area is 293 Å². The number of benzene rings is 1. The van der Waals surface area contributed by atoms with Crippen molar-refractivity contribution in [3.63, 3.8) is 0 Å². The zero-order valence-electron chi connectivity index (χ0n) is 29.5. The van der Waals surface area contributed by atoms with Gasteiger partial charge in [0.1, 0.15) is 0 Å². The summed E-state index contributed by atoms with van der Waals surface area (Å²) in [4.78, 5) is 43.3. The minimum atomic E-state index is -0.935. The van der Waals surface area contributed by atoms with Crippen LogP contribution < -0.4 is 0 Å². The van der Waals surface area contributed by atoms with Crippen molar-refractivity contribution in [3.05, 3.63) is 84.0 Å². The van der Waals surface area contributed by atoms with Crippen molar-refractivity contribution >= 4 is 23.9 Å². The molecule has 4 aliphatic rings. The SMILES string of the molecule is C=C(C)C(=O)O.C=C(C)C(=O)O.C=C(C)C(=O)O.C=C(C)C(=O)O.c1cc(CN(CC2CO2)CC2CO2)cc(CN(CC2CO2)CC2CO2)c1. The number of hydrogen-bond donors (Lipinski definition) is 4. The molecule has 0 saturated carbocycles. The minimum absolute atomic E-state index is 0.176. The second-order valence-corrected chi connectivity index (χ2v) is 12.4. The molecule has 4 N–H and O–H groups in total. The van der Waals surface area contributed by atoms with Gasteiger partial charge in [0.05, 0.1) is 50.8 Å². The molecule has 5 rings (SSSR count). The van der Waals surface area contributed by atoms with E-state index >= 15 is 0 Å². The number of carboxylic acids is 4. The van der Waals surface area contributed by atoms with E-state index in [2.05, 4.69) is 60.4 Å². The standard InChI is InChI=1S/C20H28N2O4.4C4H6O2/c1-2-15(5-21(7-17-11-23-17)8-18-12-24-18)4-16(3-1)6-22(9-19-13-25-19)10-20-14-26-20;4*1-3(2)4(5)6/h1-4,17-20H,5-14H2;4*1H2,2H3,(H,5,6). The van der Waals surface area contributed by atoms with Crippen LogP contribution in [0.3, 0.4) is 0 Å². The normalized spacial score (nSPS) is 20.0. The molecule has 1 aromatic carbocycles. The fourth-order valence-electron chi connectivity index (χ4n) is 3.60. The van der Waals surface area contributed by atoms with Gasteiger partial charge in [0, 0.05) is 61.6 Å². The van der Waals surface area contributed by atoms with Gasteiger partial charge < -0.3 is 39.4 Å². The second kappa shape index (κ2) is 22.5. The third-order valence-electron chi connectivity index (χ3n) is 6.72. The molecular weight excluding hydrogens is 652 g/mol. The highest BCUT2D eigenvalue weighted by atomic mass is 16.6. The van der Waals surface area contributed by atoms with Gasteiger partial charge in [0.25, 0.3) is 0 Å². The summed E-state index contributed by atoms with van der Waals surface area (Å²) >= 11 is 0. The lowest BCUT2D eigenvalue weighted by Crippen LogP contribution is -2.32. The summed E-state index contributed by atoms with van der Waals surface area (Å²) in [5.41, 5.74) is 3.44. The van der Waals surface area contributed by atoms with Crippen molar-refractivity contribution in [1.82, 2.24) is 9.80 Å². The largest absolute Gasteiger partial charge is 0.478 e. The van der Waals surface area contributed by atoms with Crippen LogP contribution in [0.4, 0.5) is 0 Å². The summed E-state index contributed by atoms with van der Waals surface area (Å²) in [5.74, 6) is -3.74.